The van der Waals surface area contributed by atoms with Crippen molar-refractivity contribution < 1.29 is 14.3 Å². The van der Waals surface area contributed by atoms with Crippen LogP contribution in [0.2, 0.25) is 0 Å². The summed E-state index contributed by atoms with van der Waals surface area (Å²) in [5, 5.41) is 4.83. The van der Waals surface area contributed by atoms with Crippen molar-refractivity contribution in [3.8, 4) is 5.88 Å². The third kappa shape index (κ3) is 1.37. The Morgan fingerprint density at radius 1 is 1.47 bits per heavy atom. The molecule has 1 saturated heterocycles. The highest BCUT2D eigenvalue weighted by molar-refractivity contribution is 6.07. The van der Waals surface area contributed by atoms with E-state index in [4.69, 9.17) is 4.74 Å². The lowest BCUT2D eigenvalue weighted by Gasteiger charge is -2.20. The number of amides is 3. The van der Waals surface area contributed by atoms with Crippen molar-refractivity contribution in [3.05, 3.63) is 23.4 Å². The molecule has 3 rings (SSSR count). The van der Waals surface area contributed by atoms with Gasteiger partial charge in [0.05, 0.1) is 6.61 Å². The Balaban J connectivity index is 2.04. The lowest BCUT2D eigenvalue weighted by Crippen LogP contribution is -2.40. The summed E-state index contributed by atoms with van der Waals surface area (Å²) in [4.78, 5) is 27.1. The van der Waals surface area contributed by atoms with Crippen LogP contribution in [0.5, 0.6) is 5.88 Å². The van der Waals surface area contributed by atoms with Crippen molar-refractivity contribution in [2.45, 2.75) is 18.9 Å². The van der Waals surface area contributed by atoms with E-state index in [-0.39, 0.29) is 5.91 Å². The van der Waals surface area contributed by atoms with Crippen LogP contribution in [0.25, 0.3) is 0 Å². The first-order chi connectivity index (χ1) is 8.09. The number of nitrogens with one attached hydrogen (secondary N) is 2. The molecule has 0 radical (unpaired) electrons. The second kappa shape index (κ2) is 3.19. The first kappa shape index (κ1) is 10.1. The summed E-state index contributed by atoms with van der Waals surface area (Å²) < 4.78 is 5.30. The fraction of sp³-hybridized carbons (Fsp3) is 0.364. The van der Waals surface area contributed by atoms with Crippen LogP contribution in [0.1, 0.15) is 18.1 Å². The predicted molar refractivity (Wildman–Crippen MR) is 57.5 cm³/mol. The third-order valence-corrected chi connectivity index (χ3v) is 3.16. The Morgan fingerprint density at radius 3 is 3.00 bits per heavy atom. The molecule has 0 aliphatic carbocycles. The lowest BCUT2D eigenvalue weighted by atomic mass is 9.92. The SMILES string of the molecule is CC1(c2cnc3c(c2)CCO3)NC(=O)NC1=O. The molecule has 6 heteroatoms. The normalized spacial score (nSPS) is 26.2. The number of pyridine rings is 1. The van der Waals surface area contributed by atoms with Crippen molar-refractivity contribution >= 4 is 11.9 Å². The number of ether oxygens (including phenoxy) is 1. The Kier molecular flexibility index (Phi) is 1.89. The van der Waals surface area contributed by atoms with Crippen molar-refractivity contribution in [1.82, 2.24) is 15.6 Å². The van der Waals surface area contributed by atoms with Gasteiger partial charge in [-0.2, -0.15) is 0 Å². The minimum absolute atomic E-state index is 0.358. The van der Waals surface area contributed by atoms with Gasteiger partial charge in [-0.1, -0.05) is 0 Å². The molecule has 0 saturated carbocycles. The maximum absolute atomic E-state index is 11.8. The maximum atomic E-state index is 11.8. The fourth-order valence-electron chi connectivity index (χ4n) is 2.08. The summed E-state index contributed by atoms with van der Waals surface area (Å²) in [6.07, 6.45) is 2.34. The average Bonchev–Trinajstić information content (AvgIpc) is 2.83. The summed E-state index contributed by atoms with van der Waals surface area (Å²) in [6.45, 7) is 2.27. The van der Waals surface area contributed by atoms with E-state index in [1.165, 1.54) is 0 Å². The molecule has 0 bridgehead atoms. The molecule has 17 heavy (non-hydrogen) atoms. The molecule has 1 unspecified atom stereocenters. The molecule has 88 valence electrons. The van der Waals surface area contributed by atoms with Crippen LogP contribution in [0, 0.1) is 0 Å². The lowest BCUT2D eigenvalue weighted by molar-refractivity contribution is -0.123. The molecule has 2 aliphatic rings. The van der Waals surface area contributed by atoms with Crippen molar-refractivity contribution in [3.63, 3.8) is 0 Å². The number of carbonyl (C=O) groups excluding carboxylic acids is 2. The first-order valence-electron chi connectivity index (χ1n) is 5.35. The van der Waals surface area contributed by atoms with Gasteiger partial charge in [-0.05, 0) is 13.0 Å². The van der Waals surface area contributed by atoms with Crippen molar-refractivity contribution in [2.75, 3.05) is 6.61 Å². The monoisotopic (exact) mass is 233 g/mol. The van der Waals surface area contributed by atoms with Gasteiger partial charge in [0.1, 0.15) is 5.54 Å². The third-order valence-electron chi connectivity index (χ3n) is 3.16. The van der Waals surface area contributed by atoms with E-state index in [2.05, 4.69) is 15.6 Å². The van der Waals surface area contributed by atoms with E-state index in [0.717, 1.165) is 12.0 Å². The van der Waals surface area contributed by atoms with Crippen LogP contribution < -0.4 is 15.4 Å². The highest BCUT2D eigenvalue weighted by Crippen LogP contribution is 2.29. The largest absolute Gasteiger partial charge is 0.477 e. The molecule has 3 amide bonds. The number of hydrogen-bond donors (Lipinski definition) is 2. The number of rotatable bonds is 1. The van der Waals surface area contributed by atoms with E-state index in [0.29, 0.717) is 18.1 Å². The van der Waals surface area contributed by atoms with Gasteiger partial charge in [-0.3, -0.25) is 10.1 Å². The predicted octanol–water partition coefficient (Wildman–Crippen LogP) is 0.0711. The number of carbonyl (C=O) groups is 2. The Hall–Kier alpha value is -2.11. The molecule has 0 aromatic carbocycles. The zero-order valence-corrected chi connectivity index (χ0v) is 9.24. The maximum Gasteiger partial charge on any atom is 0.322 e. The quantitative estimate of drug-likeness (QED) is 0.673. The van der Waals surface area contributed by atoms with Gasteiger partial charge < -0.3 is 10.1 Å². The number of hydrogen-bond acceptors (Lipinski definition) is 4. The van der Waals surface area contributed by atoms with Crippen LogP contribution in [-0.4, -0.2) is 23.5 Å². The molecule has 1 aromatic rings. The van der Waals surface area contributed by atoms with E-state index >= 15 is 0 Å². The molecule has 1 aromatic heterocycles. The molecule has 2 aliphatic heterocycles. The van der Waals surface area contributed by atoms with E-state index < -0.39 is 11.6 Å². The number of fused-ring (bicyclic) bond motifs is 1. The van der Waals surface area contributed by atoms with Crippen LogP contribution in [0.3, 0.4) is 0 Å². The number of urea groups is 1. The molecule has 0 spiro atoms. The van der Waals surface area contributed by atoms with E-state index in [1.807, 2.05) is 6.07 Å². The van der Waals surface area contributed by atoms with Crippen LogP contribution >= 0.6 is 0 Å². The van der Waals surface area contributed by atoms with Gasteiger partial charge in [0, 0.05) is 23.7 Å². The highest BCUT2D eigenvalue weighted by atomic mass is 16.5. The topological polar surface area (TPSA) is 80.3 Å². The fourth-order valence-corrected chi connectivity index (χ4v) is 2.08. The minimum Gasteiger partial charge on any atom is -0.477 e. The summed E-state index contributed by atoms with van der Waals surface area (Å²) in [5.41, 5.74) is 0.601. The number of aromatic nitrogens is 1. The van der Waals surface area contributed by atoms with Gasteiger partial charge >= 0.3 is 6.03 Å². The molecule has 6 nitrogen and oxygen atoms in total. The smallest absolute Gasteiger partial charge is 0.322 e. The average molecular weight is 233 g/mol. The van der Waals surface area contributed by atoms with Crippen molar-refractivity contribution in [2.24, 2.45) is 0 Å². The molecular weight excluding hydrogens is 222 g/mol. The molecular formula is C11H11N3O3. The summed E-state index contributed by atoms with van der Waals surface area (Å²) in [7, 11) is 0. The second-order valence-electron chi connectivity index (χ2n) is 4.32. The Bertz CT molecular complexity index is 529. The summed E-state index contributed by atoms with van der Waals surface area (Å²) in [5.74, 6) is 0.255. The standard InChI is InChI=1S/C11H11N3O3/c1-11(9(15)13-10(16)14-11)7-4-6-2-3-17-8(6)12-5-7/h4-5H,2-3H2,1H3,(H2,13,14,15,16). The Morgan fingerprint density at radius 2 is 2.29 bits per heavy atom. The number of nitrogens with zero attached hydrogens (tertiary/aromatic N) is 1. The molecule has 2 N–H and O–H groups in total. The molecule has 3 heterocycles. The second-order valence-corrected chi connectivity index (χ2v) is 4.32. The zero-order chi connectivity index (χ0) is 12.0. The first-order valence-corrected chi connectivity index (χ1v) is 5.35. The van der Waals surface area contributed by atoms with Crippen LogP contribution in [0.4, 0.5) is 4.79 Å². The minimum atomic E-state index is -1.04. The molecule has 1 fully saturated rings. The van der Waals surface area contributed by atoms with Crippen LogP contribution in [0.15, 0.2) is 12.3 Å². The number of imide groups is 1. The van der Waals surface area contributed by atoms with Gasteiger partial charge in [-0.15, -0.1) is 0 Å². The summed E-state index contributed by atoms with van der Waals surface area (Å²) >= 11 is 0. The van der Waals surface area contributed by atoms with E-state index in [1.54, 1.807) is 13.1 Å². The van der Waals surface area contributed by atoms with Gasteiger partial charge in [0.25, 0.3) is 5.91 Å². The Labute approximate surface area is 97.4 Å². The van der Waals surface area contributed by atoms with Crippen LogP contribution in [-0.2, 0) is 16.8 Å². The highest BCUT2D eigenvalue weighted by Gasteiger charge is 2.44. The molecule has 1 atom stereocenters. The van der Waals surface area contributed by atoms with Crippen molar-refractivity contribution in [1.29, 1.82) is 0 Å². The summed E-state index contributed by atoms with van der Waals surface area (Å²) in [6, 6.07) is 1.38. The van der Waals surface area contributed by atoms with Gasteiger partial charge in [0.2, 0.25) is 5.88 Å². The zero-order valence-electron chi connectivity index (χ0n) is 9.24. The van der Waals surface area contributed by atoms with E-state index in [9.17, 15) is 9.59 Å². The van der Waals surface area contributed by atoms with Gasteiger partial charge in [0.15, 0.2) is 0 Å². The van der Waals surface area contributed by atoms with Gasteiger partial charge in [-0.25, -0.2) is 9.78 Å².